The van der Waals surface area contributed by atoms with Gasteiger partial charge in [0, 0.05) is 30.9 Å². The van der Waals surface area contributed by atoms with Crippen LogP contribution >= 0.6 is 11.6 Å². The number of alkyl halides is 3. The summed E-state index contributed by atoms with van der Waals surface area (Å²) < 4.78 is 41.6. The van der Waals surface area contributed by atoms with Crippen molar-refractivity contribution in [2.45, 2.75) is 52.1 Å². The number of halogens is 4. The number of nitrogens with one attached hydrogen (secondary N) is 2. The van der Waals surface area contributed by atoms with Gasteiger partial charge in [0.25, 0.3) is 11.8 Å². The molecule has 0 aliphatic heterocycles. The van der Waals surface area contributed by atoms with Crippen molar-refractivity contribution in [1.82, 2.24) is 45.6 Å². The number of carbonyl (C=O) groups excluding carboxylic acids is 2. The number of hydrogen-bond donors (Lipinski definition) is 2. The molecule has 0 saturated carbocycles. The summed E-state index contributed by atoms with van der Waals surface area (Å²) in [5.41, 5.74) is 1.30. The maximum Gasteiger partial charge on any atom is 0.416 e. The van der Waals surface area contributed by atoms with E-state index in [-0.39, 0.29) is 36.1 Å². The van der Waals surface area contributed by atoms with Gasteiger partial charge < -0.3 is 10.6 Å². The summed E-state index contributed by atoms with van der Waals surface area (Å²) in [6, 6.07) is 7.32. The van der Waals surface area contributed by atoms with Crippen molar-refractivity contribution in [3.8, 4) is 0 Å². The molecule has 4 rings (SSSR count). The first-order valence-electron chi connectivity index (χ1n) is 12.2. The van der Waals surface area contributed by atoms with Gasteiger partial charge in [-0.15, -0.1) is 10.2 Å². The molecule has 0 spiro atoms. The predicted molar refractivity (Wildman–Crippen MR) is 137 cm³/mol. The van der Waals surface area contributed by atoms with Gasteiger partial charge in [-0.2, -0.15) is 13.2 Å². The zero-order chi connectivity index (χ0) is 28.7. The number of carbonyl (C=O) groups is 2. The van der Waals surface area contributed by atoms with Crippen LogP contribution in [0.25, 0.3) is 0 Å². The van der Waals surface area contributed by atoms with Crippen LogP contribution in [0.3, 0.4) is 0 Å². The first-order chi connectivity index (χ1) is 19.1. The van der Waals surface area contributed by atoms with Crippen molar-refractivity contribution in [3.63, 3.8) is 0 Å². The van der Waals surface area contributed by atoms with E-state index in [1.165, 1.54) is 10.9 Å². The van der Waals surface area contributed by atoms with Gasteiger partial charge in [-0.3, -0.25) is 23.9 Å². The molecule has 4 aromatic rings. The molecule has 0 bridgehead atoms. The number of rotatable bonds is 11. The van der Waals surface area contributed by atoms with E-state index in [1.54, 1.807) is 16.9 Å². The topological polar surface area (TPSA) is 133 Å². The largest absolute Gasteiger partial charge is 0.416 e. The number of unbranched alkanes of at least 4 members (excludes halogenated alkanes) is 1. The monoisotopic (exact) mass is 575 g/mol. The van der Waals surface area contributed by atoms with Crippen molar-refractivity contribution < 1.29 is 22.8 Å². The molecule has 0 fully saturated rings. The molecule has 0 saturated heterocycles. The average molecular weight is 576 g/mol. The zero-order valence-corrected chi connectivity index (χ0v) is 22.1. The first kappa shape index (κ1) is 28.7. The van der Waals surface area contributed by atoms with E-state index < -0.39 is 17.6 Å². The summed E-state index contributed by atoms with van der Waals surface area (Å²) in [6.45, 7) is 3.00. The van der Waals surface area contributed by atoms with Crippen molar-refractivity contribution in [2.75, 3.05) is 0 Å². The Kier molecular flexibility index (Phi) is 9.09. The van der Waals surface area contributed by atoms with Crippen molar-refractivity contribution in [2.24, 2.45) is 0 Å². The van der Waals surface area contributed by atoms with Gasteiger partial charge in [-0.25, -0.2) is 0 Å². The average Bonchev–Trinajstić information content (AvgIpc) is 3.60. The molecule has 2 N–H and O–H groups in total. The van der Waals surface area contributed by atoms with Gasteiger partial charge in [0.15, 0.2) is 11.4 Å². The third-order valence-electron chi connectivity index (χ3n) is 5.78. The Balaban J connectivity index is 1.18. The molecular formula is C25H25ClF3N9O2. The summed E-state index contributed by atoms with van der Waals surface area (Å²) in [5.74, 6) is -0.940. The van der Waals surface area contributed by atoms with E-state index in [0.717, 1.165) is 29.5 Å². The summed E-state index contributed by atoms with van der Waals surface area (Å²) in [5, 5.41) is 21.5. The van der Waals surface area contributed by atoms with Crippen LogP contribution in [0.1, 0.15) is 56.2 Å². The van der Waals surface area contributed by atoms with Gasteiger partial charge in [-0.1, -0.05) is 39.7 Å². The molecule has 0 atom stereocenters. The second kappa shape index (κ2) is 12.7. The molecular weight excluding hydrogens is 551 g/mol. The molecule has 210 valence electrons. The molecule has 11 nitrogen and oxygen atoms in total. The molecule has 2 amide bonds. The Labute approximate surface area is 231 Å². The van der Waals surface area contributed by atoms with Crippen LogP contribution in [0, 0.1) is 6.92 Å². The lowest BCUT2D eigenvalue weighted by atomic mass is 10.1. The highest BCUT2D eigenvalue weighted by Crippen LogP contribution is 2.29. The minimum atomic E-state index is -4.49. The zero-order valence-electron chi connectivity index (χ0n) is 21.3. The molecule has 3 aromatic heterocycles. The Bertz CT molecular complexity index is 1490. The molecule has 0 aliphatic rings. The Morgan fingerprint density at radius 3 is 2.10 bits per heavy atom. The van der Waals surface area contributed by atoms with E-state index in [9.17, 15) is 22.8 Å². The third-order valence-corrected chi connectivity index (χ3v) is 6.15. The molecule has 1 aromatic carbocycles. The fourth-order valence-corrected chi connectivity index (χ4v) is 3.87. The van der Waals surface area contributed by atoms with Crippen LogP contribution in [0.4, 0.5) is 13.2 Å². The summed E-state index contributed by atoms with van der Waals surface area (Å²) >= 11 is 6.17. The van der Waals surface area contributed by atoms with E-state index in [4.69, 9.17) is 11.6 Å². The number of aryl methyl sites for hydroxylation is 3. The maximum absolute atomic E-state index is 12.8. The molecule has 0 aliphatic carbocycles. The summed E-state index contributed by atoms with van der Waals surface area (Å²) in [6.07, 6.45) is 0.917. The second-order valence-electron chi connectivity index (χ2n) is 8.93. The molecule has 0 unspecified atom stereocenters. The van der Waals surface area contributed by atoms with Crippen LogP contribution in [0.2, 0.25) is 5.02 Å². The molecule has 3 heterocycles. The van der Waals surface area contributed by atoms with Crippen LogP contribution in [0.5, 0.6) is 0 Å². The lowest BCUT2D eigenvalue weighted by molar-refractivity contribution is -0.137. The maximum atomic E-state index is 12.8. The minimum Gasteiger partial charge on any atom is -0.346 e. The van der Waals surface area contributed by atoms with Crippen molar-refractivity contribution in [1.29, 1.82) is 0 Å². The Hall–Kier alpha value is -4.33. The van der Waals surface area contributed by atoms with Crippen molar-refractivity contribution in [3.05, 3.63) is 87.7 Å². The van der Waals surface area contributed by atoms with Gasteiger partial charge in [-0.05, 0) is 43.5 Å². The highest BCUT2D eigenvalue weighted by Gasteiger charge is 2.30. The minimum absolute atomic E-state index is 0.0332. The fraction of sp³-hybridized carbons (Fsp3) is 0.320. The number of pyridine rings is 1. The number of hydrogen-bond acceptors (Lipinski definition) is 7. The van der Waals surface area contributed by atoms with Crippen LogP contribution in [0.15, 0.2) is 48.9 Å². The van der Waals surface area contributed by atoms with E-state index >= 15 is 0 Å². The Morgan fingerprint density at radius 1 is 0.900 bits per heavy atom. The highest BCUT2D eigenvalue weighted by atomic mass is 35.5. The fourth-order valence-electron chi connectivity index (χ4n) is 3.69. The number of benzene rings is 1. The normalized spacial score (nSPS) is 11.4. The van der Waals surface area contributed by atoms with E-state index in [1.807, 2.05) is 19.1 Å². The van der Waals surface area contributed by atoms with Crippen LogP contribution in [-0.4, -0.2) is 46.8 Å². The lowest BCUT2D eigenvalue weighted by Crippen LogP contribution is -2.24. The van der Waals surface area contributed by atoms with Crippen molar-refractivity contribution >= 4 is 23.4 Å². The quantitative estimate of drug-likeness (QED) is 0.261. The number of nitrogens with zero attached hydrogens (tertiary/aromatic N) is 7. The lowest BCUT2D eigenvalue weighted by Gasteiger charge is -2.08. The second-order valence-corrected chi connectivity index (χ2v) is 9.34. The van der Waals surface area contributed by atoms with Crippen LogP contribution < -0.4 is 10.6 Å². The van der Waals surface area contributed by atoms with Gasteiger partial charge in [0.2, 0.25) is 0 Å². The predicted octanol–water partition coefficient (Wildman–Crippen LogP) is 3.59. The Morgan fingerprint density at radius 2 is 1.50 bits per heavy atom. The smallest absolute Gasteiger partial charge is 0.346 e. The van der Waals surface area contributed by atoms with Gasteiger partial charge in [0.05, 0.1) is 30.2 Å². The summed E-state index contributed by atoms with van der Waals surface area (Å²) in [7, 11) is 0. The van der Waals surface area contributed by atoms with Crippen LogP contribution in [-0.2, 0) is 32.4 Å². The molecule has 15 heteroatoms. The standard InChI is InChI=1S/C25H25ClF3N9O2/c1-16-4-5-20(26)17(10-16)12-31-23(39)21-14-37(35-33-21)8-2-3-9-38-15-22(34-36-38)24(40)32-13-19-11-18(6-7-30-19)25(27,28)29/h4-7,10-11,14-15H,2-3,8-9,12-13H2,1H3,(H,31,39)(H,32,40). The van der Waals surface area contributed by atoms with E-state index in [2.05, 4.69) is 36.2 Å². The van der Waals surface area contributed by atoms with Gasteiger partial charge >= 0.3 is 6.18 Å². The highest BCUT2D eigenvalue weighted by molar-refractivity contribution is 6.31. The number of aromatic nitrogens is 7. The third kappa shape index (κ3) is 7.85. The van der Waals surface area contributed by atoms with E-state index in [0.29, 0.717) is 31.0 Å². The molecule has 0 radical (unpaired) electrons. The SMILES string of the molecule is Cc1ccc(Cl)c(CNC(=O)c2cn(CCCCn3cc(C(=O)NCc4cc(C(F)(F)F)ccn4)nn3)nn2)c1. The summed E-state index contributed by atoms with van der Waals surface area (Å²) in [4.78, 5) is 28.6. The molecule has 40 heavy (non-hydrogen) atoms. The number of amides is 2. The first-order valence-corrected chi connectivity index (χ1v) is 12.6. The van der Waals surface area contributed by atoms with Gasteiger partial charge in [0.1, 0.15) is 0 Å².